The maximum atomic E-state index is 11.6. The van der Waals surface area contributed by atoms with Crippen molar-refractivity contribution in [2.45, 2.75) is 42.7 Å². The van der Waals surface area contributed by atoms with Crippen LogP contribution in [0.1, 0.15) is 32.6 Å². The van der Waals surface area contributed by atoms with E-state index in [0.717, 1.165) is 19.1 Å². The SMILES string of the molecule is CC(C(=O)NCC1CCCCC1Br)S(C)(=O)=O. The number of rotatable bonds is 4. The number of sulfone groups is 1. The predicted octanol–water partition coefficient (Wildman–Crippen LogP) is 1.49. The van der Waals surface area contributed by atoms with Gasteiger partial charge in [0.15, 0.2) is 9.84 Å². The fourth-order valence-corrected chi connectivity index (χ4v) is 3.21. The van der Waals surface area contributed by atoms with Crippen LogP contribution in [0.2, 0.25) is 0 Å². The first-order valence-electron chi connectivity index (χ1n) is 5.93. The van der Waals surface area contributed by atoms with Crippen molar-refractivity contribution in [2.75, 3.05) is 12.8 Å². The largest absolute Gasteiger partial charge is 0.355 e. The van der Waals surface area contributed by atoms with E-state index < -0.39 is 21.0 Å². The van der Waals surface area contributed by atoms with Crippen LogP contribution in [0.5, 0.6) is 0 Å². The molecular weight excluding hydrogens is 306 g/mol. The Labute approximate surface area is 112 Å². The van der Waals surface area contributed by atoms with Gasteiger partial charge in [-0.05, 0) is 25.7 Å². The highest BCUT2D eigenvalue weighted by atomic mass is 79.9. The van der Waals surface area contributed by atoms with Gasteiger partial charge in [-0.2, -0.15) is 0 Å². The lowest BCUT2D eigenvalue weighted by Gasteiger charge is -2.27. The lowest BCUT2D eigenvalue weighted by molar-refractivity contribution is -0.120. The van der Waals surface area contributed by atoms with Crippen LogP contribution in [0.25, 0.3) is 0 Å². The summed E-state index contributed by atoms with van der Waals surface area (Å²) in [6, 6.07) is 0. The topological polar surface area (TPSA) is 63.2 Å². The van der Waals surface area contributed by atoms with Crippen LogP contribution in [0, 0.1) is 5.92 Å². The molecule has 1 aliphatic carbocycles. The molecule has 100 valence electrons. The van der Waals surface area contributed by atoms with Crippen molar-refractivity contribution in [3.05, 3.63) is 0 Å². The van der Waals surface area contributed by atoms with Gasteiger partial charge in [-0.1, -0.05) is 28.8 Å². The monoisotopic (exact) mass is 325 g/mol. The van der Waals surface area contributed by atoms with Crippen molar-refractivity contribution in [3.63, 3.8) is 0 Å². The van der Waals surface area contributed by atoms with Crippen molar-refractivity contribution in [2.24, 2.45) is 5.92 Å². The maximum absolute atomic E-state index is 11.6. The third kappa shape index (κ3) is 4.58. The lowest BCUT2D eigenvalue weighted by atomic mass is 9.89. The summed E-state index contributed by atoms with van der Waals surface area (Å²) in [5.41, 5.74) is 0. The summed E-state index contributed by atoms with van der Waals surface area (Å²) >= 11 is 3.61. The number of nitrogens with one attached hydrogen (secondary N) is 1. The van der Waals surface area contributed by atoms with Crippen LogP contribution in [0.4, 0.5) is 0 Å². The summed E-state index contributed by atoms with van der Waals surface area (Å²) in [5.74, 6) is 0.0252. The zero-order chi connectivity index (χ0) is 13.1. The van der Waals surface area contributed by atoms with Crippen molar-refractivity contribution in [1.82, 2.24) is 5.32 Å². The molecule has 1 fully saturated rings. The average Bonchev–Trinajstić information content (AvgIpc) is 2.25. The molecule has 0 heterocycles. The molecule has 0 aliphatic heterocycles. The molecule has 17 heavy (non-hydrogen) atoms. The second-order valence-corrected chi connectivity index (χ2v) is 8.32. The smallest absolute Gasteiger partial charge is 0.238 e. The van der Waals surface area contributed by atoms with Crippen LogP contribution in [-0.2, 0) is 14.6 Å². The van der Waals surface area contributed by atoms with Gasteiger partial charge in [-0.25, -0.2) is 8.42 Å². The zero-order valence-electron chi connectivity index (χ0n) is 10.3. The van der Waals surface area contributed by atoms with Crippen LogP contribution in [0.3, 0.4) is 0 Å². The molecule has 1 amide bonds. The second-order valence-electron chi connectivity index (χ2n) is 4.78. The van der Waals surface area contributed by atoms with E-state index in [4.69, 9.17) is 0 Å². The van der Waals surface area contributed by atoms with Crippen LogP contribution in [0.15, 0.2) is 0 Å². The van der Waals surface area contributed by atoms with E-state index in [0.29, 0.717) is 17.3 Å². The maximum Gasteiger partial charge on any atom is 0.238 e. The Morgan fingerprint density at radius 2 is 2.00 bits per heavy atom. The number of alkyl halides is 1. The molecule has 0 aromatic rings. The van der Waals surface area contributed by atoms with Gasteiger partial charge in [0, 0.05) is 17.6 Å². The van der Waals surface area contributed by atoms with Gasteiger partial charge in [0.2, 0.25) is 5.91 Å². The summed E-state index contributed by atoms with van der Waals surface area (Å²) in [6.45, 7) is 1.99. The number of amides is 1. The van der Waals surface area contributed by atoms with E-state index in [1.54, 1.807) is 0 Å². The lowest BCUT2D eigenvalue weighted by Crippen LogP contribution is -2.41. The molecule has 0 spiro atoms. The van der Waals surface area contributed by atoms with Crippen LogP contribution in [-0.4, -0.2) is 37.2 Å². The number of hydrogen-bond donors (Lipinski definition) is 1. The molecule has 0 saturated heterocycles. The fraction of sp³-hybridized carbons (Fsp3) is 0.909. The van der Waals surface area contributed by atoms with E-state index >= 15 is 0 Å². The van der Waals surface area contributed by atoms with Gasteiger partial charge in [0.1, 0.15) is 5.25 Å². The third-order valence-electron chi connectivity index (χ3n) is 3.37. The van der Waals surface area contributed by atoms with E-state index in [1.165, 1.54) is 19.8 Å². The molecule has 1 rings (SSSR count). The van der Waals surface area contributed by atoms with Crippen molar-refractivity contribution in [1.29, 1.82) is 0 Å². The van der Waals surface area contributed by atoms with Gasteiger partial charge in [-0.3, -0.25) is 4.79 Å². The highest BCUT2D eigenvalue weighted by molar-refractivity contribution is 9.09. The normalized spacial score (nSPS) is 27.5. The summed E-state index contributed by atoms with van der Waals surface area (Å²) in [4.78, 5) is 12.1. The van der Waals surface area contributed by atoms with Gasteiger partial charge in [0.25, 0.3) is 0 Å². The minimum atomic E-state index is -3.29. The Morgan fingerprint density at radius 1 is 1.41 bits per heavy atom. The minimum Gasteiger partial charge on any atom is -0.355 e. The number of halogens is 1. The van der Waals surface area contributed by atoms with E-state index in [9.17, 15) is 13.2 Å². The minimum absolute atomic E-state index is 0.391. The standard InChI is InChI=1S/C11H20BrNO3S/c1-8(17(2,15)16)11(14)13-7-9-5-3-4-6-10(9)12/h8-10H,3-7H2,1-2H3,(H,13,14). The molecule has 1 aliphatic rings. The van der Waals surface area contributed by atoms with Crippen LogP contribution >= 0.6 is 15.9 Å². The Kier molecular flexibility index (Phi) is 5.44. The van der Waals surface area contributed by atoms with Gasteiger partial charge in [0.05, 0.1) is 0 Å². The summed E-state index contributed by atoms with van der Waals surface area (Å²) in [6.07, 6.45) is 5.71. The summed E-state index contributed by atoms with van der Waals surface area (Å²) in [5, 5.41) is 1.78. The molecular formula is C11H20BrNO3S. The predicted molar refractivity (Wildman–Crippen MR) is 72.0 cm³/mol. The zero-order valence-corrected chi connectivity index (χ0v) is 12.7. The summed E-state index contributed by atoms with van der Waals surface area (Å²) in [7, 11) is -3.29. The molecule has 1 N–H and O–H groups in total. The van der Waals surface area contributed by atoms with Gasteiger partial charge < -0.3 is 5.32 Å². The van der Waals surface area contributed by atoms with Crippen molar-refractivity contribution in [3.8, 4) is 0 Å². The highest BCUT2D eigenvalue weighted by Crippen LogP contribution is 2.29. The fourth-order valence-electron chi connectivity index (χ4n) is 1.96. The molecule has 1 saturated carbocycles. The molecule has 0 aromatic heterocycles. The quantitative estimate of drug-likeness (QED) is 0.796. The third-order valence-corrected chi connectivity index (χ3v) is 6.07. The first-order valence-corrected chi connectivity index (χ1v) is 8.80. The second kappa shape index (κ2) is 6.18. The highest BCUT2D eigenvalue weighted by Gasteiger charge is 2.26. The van der Waals surface area contributed by atoms with Crippen LogP contribution < -0.4 is 5.32 Å². The Bertz CT molecular complexity index is 369. The van der Waals surface area contributed by atoms with E-state index in [-0.39, 0.29) is 0 Å². The number of carbonyl (C=O) groups excluding carboxylic acids is 1. The molecule has 0 bridgehead atoms. The Hall–Kier alpha value is -0.100. The first kappa shape index (κ1) is 15.0. The van der Waals surface area contributed by atoms with Gasteiger partial charge >= 0.3 is 0 Å². The number of hydrogen-bond acceptors (Lipinski definition) is 3. The number of carbonyl (C=O) groups is 1. The molecule has 0 radical (unpaired) electrons. The average molecular weight is 326 g/mol. The molecule has 0 aromatic carbocycles. The van der Waals surface area contributed by atoms with Crippen molar-refractivity contribution >= 4 is 31.7 Å². The molecule has 3 unspecified atom stereocenters. The van der Waals surface area contributed by atoms with Crippen molar-refractivity contribution < 1.29 is 13.2 Å². The van der Waals surface area contributed by atoms with E-state index in [2.05, 4.69) is 21.2 Å². The summed E-state index contributed by atoms with van der Waals surface area (Å²) < 4.78 is 22.4. The van der Waals surface area contributed by atoms with Gasteiger partial charge in [-0.15, -0.1) is 0 Å². The molecule has 4 nitrogen and oxygen atoms in total. The molecule has 3 atom stereocenters. The first-order chi connectivity index (χ1) is 7.82. The Morgan fingerprint density at radius 3 is 2.53 bits per heavy atom. The van der Waals surface area contributed by atoms with E-state index in [1.807, 2.05) is 0 Å². The molecule has 6 heteroatoms. The Balaban J connectivity index is 2.42.